The molecule has 0 radical (unpaired) electrons. The number of amides is 2. The number of nitrogens with zero attached hydrogens (tertiary/aromatic N) is 2. The lowest BCUT2D eigenvalue weighted by Crippen LogP contribution is -2.35. The number of likely N-dealkylation sites (tertiary alicyclic amines) is 2. The van der Waals surface area contributed by atoms with Crippen LogP contribution in [0, 0.1) is 11.8 Å². The number of hydrogen-bond acceptors (Lipinski definition) is 6. The summed E-state index contributed by atoms with van der Waals surface area (Å²) in [6.07, 6.45) is 5.89. The number of aliphatic hydroxyl groups is 1. The molecule has 2 aliphatic heterocycles. The van der Waals surface area contributed by atoms with Crippen molar-refractivity contribution in [1.29, 1.82) is 0 Å². The van der Waals surface area contributed by atoms with Crippen molar-refractivity contribution < 1.29 is 28.9 Å². The minimum Gasteiger partial charge on any atom is -0.444 e. The third-order valence-electron chi connectivity index (χ3n) is 7.53. The van der Waals surface area contributed by atoms with Crippen molar-refractivity contribution >= 4 is 28.1 Å². The smallest absolute Gasteiger partial charge is 0.410 e. The Balaban J connectivity index is 0.000000392. The van der Waals surface area contributed by atoms with Crippen LogP contribution in [0.25, 0.3) is 0 Å². The maximum absolute atomic E-state index is 12.0. The average Bonchev–Trinajstić information content (AvgIpc) is 3.71. The van der Waals surface area contributed by atoms with Crippen molar-refractivity contribution in [2.75, 3.05) is 51.3 Å². The predicted octanol–water partition coefficient (Wildman–Crippen LogP) is 8.78. The van der Waals surface area contributed by atoms with E-state index >= 15 is 0 Å². The number of alkyl halides is 1. The molecule has 2 amide bonds. The highest BCUT2D eigenvalue weighted by atomic mass is 79.9. The van der Waals surface area contributed by atoms with E-state index < -0.39 is 11.2 Å². The van der Waals surface area contributed by atoms with Crippen LogP contribution in [-0.4, -0.2) is 89.6 Å². The maximum atomic E-state index is 12.0. The summed E-state index contributed by atoms with van der Waals surface area (Å²) in [5.74, 6) is 0.654. The van der Waals surface area contributed by atoms with Crippen molar-refractivity contribution in [3.05, 3.63) is 71.8 Å². The maximum Gasteiger partial charge on any atom is 0.410 e. The van der Waals surface area contributed by atoms with Crippen molar-refractivity contribution in [2.24, 2.45) is 11.8 Å². The van der Waals surface area contributed by atoms with Crippen LogP contribution in [0.15, 0.2) is 60.7 Å². The lowest BCUT2D eigenvalue weighted by Gasteiger charge is -2.24. The van der Waals surface area contributed by atoms with Crippen LogP contribution in [0.4, 0.5) is 9.59 Å². The molecule has 0 aliphatic carbocycles. The highest BCUT2D eigenvalue weighted by Gasteiger charge is 2.30. The monoisotopic (exact) mass is 734 g/mol. The molecule has 1 N–H and O–H groups in total. The van der Waals surface area contributed by atoms with Crippen molar-refractivity contribution in [3.8, 4) is 0 Å². The van der Waals surface area contributed by atoms with Crippen molar-refractivity contribution in [1.82, 2.24) is 9.80 Å². The third kappa shape index (κ3) is 19.4. The second kappa shape index (κ2) is 22.9. The summed E-state index contributed by atoms with van der Waals surface area (Å²) >= 11 is 3.41. The van der Waals surface area contributed by atoms with E-state index in [2.05, 4.69) is 70.5 Å². The van der Waals surface area contributed by atoms with Crippen LogP contribution in [-0.2, 0) is 27.1 Å². The molecule has 0 saturated carbocycles. The fraction of sp³-hybridized carbons (Fsp3) is 0.641. The Morgan fingerprint density at radius 1 is 0.750 bits per heavy atom. The van der Waals surface area contributed by atoms with E-state index in [0.29, 0.717) is 19.0 Å². The van der Waals surface area contributed by atoms with Crippen LogP contribution in [0.3, 0.4) is 0 Å². The molecule has 9 heteroatoms. The fourth-order valence-electron chi connectivity index (χ4n) is 5.12. The first kappa shape index (κ1) is 43.4. The average molecular weight is 736 g/mol. The third-order valence-corrected chi connectivity index (χ3v) is 8.09. The molecule has 2 fully saturated rings. The van der Waals surface area contributed by atoms with Gasteiger partial charge in [-0.05, 0) is 91.2 Å². The predicted molar refractivity (Wildman–Crippen MR) is 200 cm³/mol. The Morgan fingerprint density at radius 3 is 1.60 bits per heavy atom. The van der Waals surface area contributed by atoms with Crippen LogP contribution in [0.2, 0.25) is 0 Å². The van der Waals surface area contributed by atoms with E-state index in [9.17, 15) is 9.59 Å². The molecule has 272 valence electrons. The van der Waals surface area contributed by atoms with Gasteiger partial charge >= 0.3 is 12.2 Å². The lowest BCUT2D eigenvalue weighted by molar-refractivity contribution is 0.0267. The van der Waals surface area contributed by atoms with E-state index in [4.69, 9.17) is 19.3 Å². The minimum absolute atomic E-state index is 0. The van der Waals surface area contributed by atoms with Gasteiger partial charge < -0.3 is 29.1 Å². The first-order valence-electron chi connectivity index (χ1n) is 17.1. The molecule has 2 aliphatic rings. The molecule has 2 heterocycles. The Bertz CT molecular complexity index is 1140. The number of aryl methyl sites for hydroxylation is 2. The van der Waals surface area contributed by atoms with Crippen molar-refractivity contribution in [2.45, 2.75) is 98.7 Å². The van der Waals surface area contributed by atoms with Crippen LogP contribution in [0.5, 0.6) is 0 Å². The SMILES string of the molecule is BrCCCc1ccccc1.C.CC(C)(C)OC(=O)N1CC[C@@H](CO)C1.CC(C)(C)OC(=O)N1CC[C@@H](COCCCc2ccccc2)C1. The molecule has 2 aromatic carbocycles. The summed E-state index contributed by atoms with van der Waals surface area (Å²) < 4.78 is 16.4. The summed E-state index contributed by atoms with van der Waals surface area (Å²) in [4.78, 5) is 27.0. The van der Waals surface area contributed by atoms with Gasteiger partial charge in [-0.1, -0.05) is 84.0 Å². The topological polar surface area (TPSA) is 88.5 Å². The van der Waals surface area contributed by atoms with E-state index in [1.165, 1.54) is 24.0 Å². The normalized spacial score (nSPS) is 17.3. The minimum atomic E-state index is -0.436. The number of carbonyl (C=O) groups is 2. The Morgan fingerprint density at radius 2 is 1.19 bits per heavy atom. The fourth-order valence-corrected chi connectivity index (χ4v) is 5.40. The summed E-state index contributed by atoms with van der Waals surface area (Å²) in [7, 11) is 0. The van der Waals surface area contributed by atoms with E-state index in [1.54, 1.807) is 9.80 Å². The summed E-state index contributed by atoms with van der Waals surface area (Å²) in [5.41, 5.74) is 1.92. The van der Waals surface area contributed by atoms with Crippen LogP contribution < -0.4 is 0 Å². The van der Waals surface area contributed by atoms with E-state index in [-0.39, 0.29) is 32.1 Å². The van der Waals surface area contributed by atoms with Gasteiger partial charge in [-0.2, -0.15) is 0 Å². The van der Waals surface area contributed by atoms with Crippen LogP contribution >= 0.6 is 15.9 Å². The molecule has 8 nitrogen and oxygen atoms in total. The Hall–Kier alpha value is -2.62. The molecule has 2 atom stereocenters. The van der Waals surface area contributed by atoms with Crippen molar-refractivity contribution in [3.63, 3.8) is 0 Å². The number of hydrogen-bond donors (Lipinski definition) is 1. The molecule has 0 spiro atoms. The Kier molecular flexibility index (Phi) is 20.7. The zero-order valence-corrected chi connectivity index (χ0v) is 31.2. The molecule has 2 saturated heterocycles. The van der Waals surface area contributed by atoms with Gasteiger partial charge in [0.2, 0.25) is 0 Å². The van der Waals surface area contributed by atoms with Gasteiger partial charge in [0.1, 0.15) is 11.2 Å². The van der Waals surface area contributed by atoms with Gasteiger partial charge in [-0.3, -0.25) is 0 Å². The van der Waals surface area contributed by atoms with Gasteiger partial charge in [0.25, 0.3) is 0 Å². The van der Waals surface area contributed by atoms with Gasteiger partial charge in [-0.15, -0.1) is 0 Å². The van der Waals surface area contributed by atoms with Gasteiger partial charge in [0, 0.05) is 56.6 Å². The second-order valence-electron chi connectivity index (χ2n) is 14.3. The molecule has 4 rings (SSSR count). The quantitative estimate of drug-likeness (QED) is 0.194. The Labute approximate surface area is 299 Å². The largest absolute Gasteiger partial charge is 0.444 e. The molecule has 0 aromatic heterocycles. The number of benzene rings is 2. The lowest BCUT2D eigenvalue weighted by atomic mass is 10.1. The number of ether oxygens (including phenoxy) is 3. The van der Waals surface area contributed by atoms with E-state index in [1.807, 2.05) is 47.6 Å². The first-order chi connectivity index (χ1) is 22.3. The number of halogens is 1. The number of rotatable bonds is 10. The van der Waals surface area contributed by atoms with Crippen LogP contribution in [0.1, 0.15) is 85.8 Å². The molecule has 0 bridgehead atoms. The van der Waals surface area contributed by atoms with E-state index in [0.717, 1.165) is 57.3 Å². The zero-order valence-electron chi connectivity index (χ0n) is 29.6. The first-order valence-corrected chi connectivity index (χ1v) is 18.2. The van der Waals surface area contributed by atoms with Gasteiger partial charge in [0.05, 0.1) is 6.61 Å². The van der Waals surface area contributed by atoms with Gasteiger partial charge in [0.15, 0.2) is 0 Å². The number of carbonyl (C=O) groups excluding carboxylic acids is 2. The second-order valence-corrected chi connectivity index (χ2v) is 15.1. The highest BCUT2D eigenvalue weighted by Crippen LogP contribution is 2.20. The summed E-state index contributed by atoms with van der Waals surface area (Å²) in [6, 6.07) is 21.0. The summed E-state index contributed by atoms with van der Waals surface area (Å²) in [5, 5.41) is 10.0. The molecule has 0 unspecified atom stereocenters. The standard InChI is InChI=1S/C19H29NO3.C10H19NO3.C9H11Br.CH4/c1-19(2,3)23-18(21)20-12-11-17(14-20)15-22-13-7-10-16-8-5-4-6-9-16;1-10(2,3)14-9(13)11-5-4-8(6-11)7-12;10-8-4-7-9-5-2-1-3-6-9;/h4-6,8-9,17H,7,10-15H2,1-3H3;8,12H,4-7H2,1-3H3;1-3,5-6H,4,7-8H2;1H4/t17-;8-;;/m11../s1. The molecule has 2 aromatic rings. The highest BCUT2D eigenvalue weighted by molar-refractivity contribution is 9.09. The molecular weight excluding hydrogens is 672 g/mol. The van der Waals surface area contributed by atoms with Gasteiger partial charge in [-0.25, -0.2) is 9.59 Å². The molecule has 48 heavy (non-hydrogen) atoms. The molecular formula is C39H63BrN2O6. The zero-order chi connectivity index (χ0) is 34.7. The summed E-state index contributed by atoms with van der Waals surface area (Å²) in [6.45, 7) is 15.7. The number of aliphatic hydroxyl groups excluding tert-OH is 1.